The third-order valence-corrected chi connectivity index (χ3v) is 1.64. The molecule has 0 atom stereocenters. The highest BCUT2D eigenvalue weighted by molar-refractivity contribution is 5.98. The molecule has 72 valence electrons. The van der Waals surface area contributed by atoms with E-state index in [-0.39, 0.29) is 0 Å². The summed E-state index contributed by atoms with van der Waals surface area (Å²) in [7, 11) is 0. The number of benzene rings is 1. The largest absolute Gasteiger partial charge is 0.476 e. The molecule has 0 aliphatic heterocycles. The highest BCUT2D eigenvalue weighted by Gasteiger charge is 2.07. The van der Waals surface area contributed by atoms with Crippen molar-refractivity contribution in [3.05, 3.63) is 35.5 Å². The van der Waals surface area contributed by atoms with Gasteiger partial charge in [0.25, 0.3) is 0 Å². The smallest absolute Gasteiger partial charge is 0.364 e. The summed E-state index contributed by atoms with van der Waals surface area (Å²) in [5.41, 5.74) is 1.12. The van der Waals surface area contributed by atoms with Gasteiger partial charge in [-0.1, -0.05) is 17.7 Å². The molecular formula is C10H9NO3. The summed E-state index contributed by atoms with van der Waals surface area (Å²) in [6.45, 7) is 1.91. The number of carbonyl (C=O) groups is 1. The number of hydrogen-bond acceptors (Lipinski definition) is 3. The average Bonchev–Trinajstić information content (AvgIpc) is 2.16. The van der Waals surface area contributed by atoms with E-state index in [4.69, 9.17) is 5.11 Å². The van der Waals surface area contributed by atoms with Gasteiger partial charge in [0.15, 0.2) is 5.94 Å². The normalized spacial score (nSPS) is 8.93. The third kappa shape index (κ3) is 2.47. The fraction of sp³-hybridized carbons (Fsp3) is 0.100. The van der Waals surface area contributed by atoms with Gasteiger partial charge in [0.1, 0.15) is 0 Å². The van der Waals surface area contributed by atoms with Crippen molar-refractivity contribution < 1.29 is 14.7 Å². The molecule has 0 spiro atoms. The number of aliphatic carboxylic acids is 1. The number of anilines is 1. The zero-order valence-corrected chi connectivity index (χ0v) is 7.57. The van der Waals surface area contributed by atoms with Gasteiger partial charge in [0.05, 0.1) is 0 Å². The van der Waals surface area contributed by atoms with Crippen LogP contribution in [0.15, 0.2) is 30.0 Å². The Balaban J connectivity index is 2.83. The second-order valence-electron chi connectivity index (χ2n) is 2.77. The van der Waals surface area contributed by atoms with Crippen LogP contribution in [0.2, 0.25) is 0 Å². The third-order valence-electron chi connectivity index (χ3n) is 1.64. The van der Waals surface area contributed by atoms with Crippen molar-refractivity contribution in [1.29, 1.82) is 0 Å². The maximum Gasteiger partial charge on any atom is 0.364 e. The maximum atomic E-state index is 10.4. The maximum absolute atomic E-state index is 10.4. The van der Waals surface area contributed by atoms with E-state index in [0.717, 1.165) is 5.56 Å². The van der Waals surface area contributed by atoms with Crippen LogP contribution in [0, 0.1) is 6.92 Å². The first-order chi connectivity index (χ1) is 6.63. The number of nitrogens with one attached hydrogen (secondary N) is 1. The van der Waals surface area contributed by atoms with Gasteiger partial charge < -0.3 is 10.4 Å². The number of carboxylic acids is 1. The zero-order chi connectivity index (χ0) is 10.6. The predicted molar refractivity (Wildman–Crippen MR) is 51.6 cm³/mol. The number of aryl methyl sites for hydroxylation is 1. The first-order valence-electron chi connectivity index (χ1n) is 3.95. The molecule has 0 bridgehead atoms. The molecule has 0 aromatic heterocycles. The molecule has 0 unspecified atom stereocenters. The average molecular weight is 191 g/mol. The molecule has 0 amide bonds. The van der Waals surface area contributed by atoms with E-state index in [1.54, 1.807) is 12.1 Å². The fourth-order valence-corrected chi connectivity index (χ4v) is 0.904. The summed E-state index contributed by atoms with van der Waals surface area (Å²) in [5, 5.41) is 11.0. The molecule has 0 heterocycles. The van der Waals surface area contributed by atoms with E-state index in [1.165, 1.54) is 5.94 Å². The van der Waals surface area contributed by atoms with Gasteiger partial charge in [-0.05, 0) is 19.1 Å². The second kappa shape index (κ2) is 4.25. The van der Waals surface area contributed by atoms with Crippen LogP contribution in [0.5, 0.6) is 0 Å². The van der Waals surface area contributed by atoms with Crippen LogP contribution in [0.1, 0.15) is 5.56 Å². The van der Waals surface area contributed by atoms with Gasteiger partial charge in [-0.15, -0.1) is 0 Å². The molecule has 0 aliphatic carbocycles. The van der Waals surface area contributed by atoms with Gasteiger partial charge in [0, 0.05) is 5.69 Å². The summed E-state index contributed by atoms with van der Waals surface area (Å²) in [4.78, 5) is 20.7. The molecule has 4 nitrogen and oxygen atoms in total. The van der Waals surface area contributed by atoms with Crippen molar-refractivity contribution in [3.63, 3.8) is 0 Å². The molecule has 14 heavy (non-hydrogen) atoms. The monoisotopic (exact) mass is 191 g/mol. The fourth-order valence-electron chi connectivity index (χ4n) is 0.904. The number of carbonyl (C=O) groups excluding carboxylic acids is 1. The Morgan fingerprint density at radius 3 is 2.36 bits per heavy atom. The zero-order valence-electron chi connectivity index (χ0n) is 7.57. The van der Waals surface area contributed by atoms with Crippen LogP contribution in [-0.4, -0.2) is 17.0 Å². The number of hydrogen-bond donors (Lipinski definition) is 2. The van der Waals surface area contributed by atoms with Crippen molar-refractivity contribution in [2.75, 3.05) is 5.32 Å². The van der Waals surface area contributed by atoms with E-state index >= 15 is 0 Å². The van der Waals surface area contributed by atoms with Gasteiger partial charge in [-0.2, -0.15) is 0 Å². The second-order valence-corrected chi connectivity index (χ2v) is 2.77. The molecule has 1 rings (SSSR count). The Bertz CT molecular complexity index is 388. The minimum atomic E-state index is -1.32. The Labute approximate surface area is 80.9 Å². The molecule has 0 aliphatic rings. The number of carboxylic acid groups (broad SMARTS) is 1. The van der Waals surface area contributed by atoms with Crippen LogP contribution in [0.3, 0.4) is 0 Å². The molecule has 0 radical (unpaired) electrons. The summed E-state index contributed by atoms with van der Waals surface area (Å²) in [5.74, 6) is 0.00169. The van der Waals surface area contributed by atoms with Crippen molar-refractivity contribution in [2.24, 2.45) is 0 Å². The van der Waals surface area contributed by atoms with Crippen LogP contribution in [0.4, 0.5) is 5.69 Å². The topological polar surface area (TPSA) is 66.4 Å². The van der Waals surface area contributed by atoms with E-state index in [9.17, 15) is 9.59 Å². The molecule has 4 heteroatoms. The highest BCUT2D eigenvalue weighted by atomic mass is 16.4. The van der Waals surface area contributed by atoms with Crippen molar-refractivity contribution >= 4 is 17.6 Å². The lowest BCUT2D eigenvalue weighted by atomic mass is 10.2. The Morgan fingerprint density at radius 2 is 1.93 bits per heavy atom. The van der Waals surface area contributed by atoms with Crippen LogP contribution < -0.4 is 5.32 Å². The van der Waals surface area contributed by atoms with E-state index < -0.39 is 11.7 Å². The van der Waals surface area contributed by atoms with Crippen molar-refractivity contribution in [2.45, 2.75) is 6.92 Å². The minimum Gasteiger partial charge on any atom is -0.476 e. The Kier molecular flexibility index (Phi) is 3.05. The summed E-state index contributed by atoms with van der Waals surface area (Å²) < 4.78 is 0. The lowest BCUT2D eigenvalue weighted by Gasteiger charge is -2.03. The summed E-state index contributed by atoms with van der Waals surface area (Å²) in [6, 6.07) is 7.00. The first kappa shape index (κ1) is 10.0. The summed E-state index contributed by atoms with van der Waals surface area (Å²) in [6.07, 6.45) is 0. The first-order valence-corrected chi connectivity index (χ1v) is 3.95. The molecule has 0 saturated heterocycles. The lowest BCUT2D eigenvalue weighted by Crippen LogP contribution is -2.10. The molecule has 0 fully saturated rings. The lowest BCUT2D eigenvalue weighted by molar-refractivity contribution is -0.132. The van der Waals surface area contributed by atoms with Crippen LogP contribution in [-0.2, 0) is 9.59 Å². The van der Waals surface area contributed by atoms with Crippen molar-refractivity contribution in [1.82, 2.24) is 0 Å². The van der Waals surface area contributed by atoms with Gasteiger partial charge in [0.2, 0.25) is 5.70 Å². The molecule has 1 aromatic carbocycles. The number of rotatable bonds is 3. The highest BCUT2D eigenvalue weighted by Crippen LogP contribution is 2.10. The standard InChI is InChI=1S/C10H9NO3/c1-7-2-4-8(5-3-7)11-9(6-12)10(13)14/h2-5,11H,1H3,(H,13,14). The van der Waals surface area contributed by atoms with Crippen LogP contribution >= 0.6 is 0 Å². The quantitative estimate of drug-likeness (QED) is 0.556. The van der Waals surface area contributed by atoms with E-state index in [0.29, 0.717) is 5.69 Å². The predicted octanol–water partition coefficient (Wildman–Crippen LogP) is 1.21. The van der Waals surface area contributed by atoms with Gasteiger partial charge in [-0.25, -0.2) is 9.59 Å². The molecule has 0 saturated carbocycles. The van der Waals surface area contributed by atoms with E-state index in [2.05, 4.69) is 5.32 Å². The Hall–Kier alpha value is -2.06. The molecular weight excluding hydrogens is 182 g/mol. The van der Waals surface area contributed by atoms with Gasteiger partial charge in [-0.3, -0.25) is 0 Å². The minimum absolute atomic E-state index is 0.492. The van der Waals surface area contributed by atoms with Gasteiger partial charge >= 0.3 is 5.97 Å². The van der Waals surface area contributed by atoms with Crippen LogP contribution in [0.25, 0.3) is 0 Å². The Morgan fingerprint density at radius 1 is 1.36 bits per heavy atom. The summed E-state index contributed by atoms with van der Waals surface area (Å²) >= 11 is 0. The molecule has 2 N–H and O–H groups in total. The molecule has 1 aromatic rings. The SMILES string of the molecule is Cc1ccc(NC(=C=O)C(=O)O)cc1. The van der Waals surface area contributed by atoms with E-state index in [1.807, 2.05) is 19.1 Å². The van der Waals surface area contributed by atoms with Crippen molar-refractivity contribution in [3.8, 4) is 0 Å².